The number of unbranched alkanes of at least 4 members (excludes halogenated alkanes) is 3. The number of nitrogens with one attached hydrogen (secondary N) is 1. The molecule has 0 saturated carbocycles. The molecule has 0 spiro atoms. The van der Waals surface area contributed by atoms with Gasteiger partial charge in [0, 0.05) is 10.6 Å². The van der Waals surface area contributed by atoms with Gasteiger partial charge in [0.2, 0.25) is 0 Å². The third kappa shape index (κ3) is 3.84. The average molecular weight is 292 g/mol. The molecule has 3 N–H and O–H groups in total. The lowest BCUT2D eigenvalue weighted by Crippen LogP contribution is -2.11. The standard InChI is InChI=1S/C16H22ClN3/c1-2-3-4-5-10-14(18)16-19-11-15(20-16)12-8-6-7-9-13(12)17/h6-9,11,14H,2-5,10,18H2,1H3,(H,19,20)/t14-/m0/s1. The van der Waals surface area contributed by atoms with Crippen LogP contribution in [-0.4, -0.2) is 9.97 Å². The molecule has 20 heavy (non-hydrogen) atoms. The normalized spacial score (nSPS) is 12.6. The van der Waals surface area contributed by atoms with Gasteiger partial charge in [0.1, 0.15) is 5.82 Å². The van der Waals surface area contributed by atoms with Crippen molar-refractivity contribution in [2.24, 2.45) is 5.73 Å². The first-order chi connectivity index (χ1) is 9.72. The van der Waals surface area contributed by atoms with Crippen molar-refractivity contribution in [3.8, 4) is 11.3 Å². The summed E-state index contributed by atoms with van der Waals surface area (Å²) in [5, 5.41) is 0.721. The Morgan fingerprint density at radius 3 is 2.80 bits per heavy atom. The van der Waals surface area contributed by atoms with Gasteiger partial charge in [-0.05, 0) is 12.5 Å². The fraction of sp³-hybridized carbons (Fsp3) is 0.438. The van der Waals surface area contributed by atoms with E-state index in [9.17, 15) is 0 Å². The van der Waals surface area contributed by atoms with Crippen LogP contribution >= 0.6 is 11.6 Å². The van der Waals surface area contributed by atoms with Gasteiger partial charge >= 0.3 is 0 Å². The molecule has 0 aliphatic heterocycles. The van der Waals surface area contributed by atoms with Gasteiger partial charge in [-0.3, -0.25) is 0 Å². The van der Waals surface area contributed by atoms with Crippen LogP contribution in [0.3, 0.4) is 0 Å². The number of aromatic nitrogens is 2. The minimum absolute atomic E-state index is 0.0249. The third-order valence-electron chi connectivity index (χ3n) is 3.48. The Morgan fingerprint density at radius 1 is 1.25 bits per heavy atom. The van der Waals surface area contributed by atoms with E-state index in [1.807, 2.05) is 30.5 Å². The van der Waals surface area contributed by atoms with Gasteiger partial charge in [-0.2, -0.15) is 0 Å². The number of benzene rings is 1. The molecule has 0 aliphatic rings. The highest BCUT2D eigenvalue weighted by molar-refractivity contribution is 6.33. The van der Waals surface area contributed by atoms with Crippen molar-refractivity contribution < 1.29 is 0 Å². The molecule has 1 aromatic heterocycles. The van der Waals surface area contributed by atoms with Gasteiger partial charge in [-0.25, -0.2) is 4.98 Å². The van der Waals surface area contributed by atoms with E-state index in [0.717, 1.165) is 34.9 Å². The molecule has 0 unspecified atom stereocenters. The first kappa shape index (κ1) is 15.1. The molecule has 0 radical (unpaired) electrons. The smallest absolute Gasteiger partial charge is 0.123 e. The van der Waals surface area contributed by atoms with E-state index in [-0.39, 0.29) is 6.04 Å². The van der Waals surface area contributed by atoms with Crippen molar-refractivity contribution in [1.82, 2.24) is 9.97 Å². The van der Waals surface area contributed by atoms with Crippen molar-refractivity contribution in [1.29, 1.82) is 0 Å². The number of rotatable bonds is 7. The summed E-state index contributed by atoms with van der Waals surface area (Å²) in [6, 6.07) is 7.71. The molecule has 3 nitrogen and oxygen atoms in total. The monoisotopic (exact) mass is 291 g/mol. The predicted molar refractivity (Wildman–Crippen MR) is 84.7 cm³/mol. The summed E-state index contributed by atoms with van der Waals surface area (Å²) < 4.78 is 0. The van der Waals surface area contributed by atoms with E-state index in [1.165, 1.54) is 19.3 Å². The molecule has 0 aliphatic carbocycles. The summed E-state index contributed by atoms with van der Waals surface area (Å²) in [6.45, 7) is 2.21. The summed E-state index contributed by atoms with van der Waals surface area (Å²) in [7, 11) is 0. The maximum absolute atomic E-state index is 6.19. The summed E-state index contributed by atoms with van der Waals surface area (Å²) in [6.07, 6.45) is 7.68. The van der Waals surface area contributed by atoms with Crippen LogP contribution in [0.2, 0.25) is 5.02 Å². The van der Waals surface area contributed by atoms with Crippen LogP contribution in [0, 0.1) is 0 Å². The van der Waals surface area contributed by atoms with Crippen LogP contribution in [0.4, 0.5) is 0 Å². The fourth-order valence-electron chi connectivity index (χ4n) is 2.27. The van der Waals surface area contributed by atoms with Crippen LogP contribution in [0.15, 0.2) is 30.5 Å². The van der Waals surface area contributed by atoms with Gasteiger partial charge in [-0.15, -0.1) is 0 Å². The SMILES string of the molecule is CCCCCC[C@H](N)c1ncc(-c2ccccc2Cl)[nH]1. The zero-order valence-electron chi connectivity index (χ0n) is 11.9. The topological polar surface area (TPSA) is 54.7 Å². The zero-order chi connectivity index (χ0) is 14.4. The third-order valence-corrected chi connectivity index (χ3v) is 3.81. The van der Waals surface area contributed by atoms with E-state index >= 15 is 0 Å². The minimum Gasteiger partial charge on any atom is -0.341 e. The number of hydrogen-bond acceptors (Lipinski definition) is 2. The fourth-order valence-corrected chi connectivity index (χ4v) is 2.51. The van der Waals surface area contributed by atoms with Gasteiger partial charge in [0.15, 0.2) is 0 Å². The molecule has 0 amide bonds. The Labute approximate surface area is 125 Å². The van der Waals surface area contributed by atoms with Gasteiger partial charge in [-0.1, -0.05) is 62.4 Å². The lowest BCUT2D eigenvalue weighted by atomic mass is 10.1. The molecule has 4 heteroatoms. The average Bonchev–Trinajstić information content (AvgIpc) is 2.93. The van der Waals surface area contributed by atoms with Crippen molar-refractivity contribution in [2.75, 3.05) is 0 Å². The molecular formula is C16H22ClN3. The summed E-state index contributed by atoms with van der Waals surface area (Å²) in [5.41, 5.74) is 8.07. The lowest BCUT2D eigenvalue weighted by molar-refractivity contribution is 0.550. The van der Waals surface area contributed by atoms with Gasteiger partial charge in [0.25, 0.3) is 0 Å². The van der Waals surface area contributed by atoms with E-state index in [1.54, 1.807) is 0 Å². The Morgan fingerprint density at radius 2 is 2.05 bits per heavy atom. The Kier molecular flexibility index (Phi) is 5.62. The van der Waals surface area contributed by atoms with Gasteiger partial charge < -0.3 is 10.7 Å². The van der Waals surface area contributed by atoms with Gasteiger partial charge in [0.05, 0.1) is 17.9 Å². The highest BCUT2D eigenvalue weighted by Gasteiger charge is 2.12. The maximum Gasteiger partial charge on any atom is 0.123 e. The van der Waals surface area contributed by atoms with Crippen LogP contribution in [0.1, 0.15) is 50.9 Å². The van der Waals surface area contributed by atoms with E-state index in [2.05, 4.69) is 16.9 Å². The molecule has 0 saturated heterocycles. The first-order valence-electron chi connectivity index (χ1n) is 7.27. The van der Waals surface area contributed by atoms with Crippen LogP contribution in [0.25, 0.3) is 11.3 Å². The highest BCUT2D eigenvalue weighted by atomic mass is 35.5. The predicted octanol–water partition coefficient (Wildman–Crippen LogP) is 4.70. The number of imidazole rings is 1. The second-order valence-electron chi connectivity index (χ2n) is 5.12. The number of hydrogen-bond donors (Lipinski definition) is 2. The second kappa shape index (κ2) is 7.46. The first-order valence-corrected chi connectivity index (χ1v) is 7.65. The molecule has 0 fully saturated rings. The molecule has 1 heterocycles. The molecule has 2 rings (SSSR count). The molecule has 1 atom stereocenters. The number of halogens is 1. The minimum atomic E-state index is -0.0249. The quantitative estimate of drug-likeness (QED) is 0.726. The molecular weight excluding hydrogens is 270 g/mol. The van der Waals surface area contributed by atoms with Crippen molar-refractivity contribution in [3.63, 3.8) is 0 Å². The van der Waals surface area contributed by atoms with E-state index in [4.69, 9.17) is 17.3 Å². The number of nitrogens with two attached hydrogens (primary N) is 1. The van der Waals surface area contributed by atoms with Crippen molar-refractivity contribution >= 4 is 11.6 Å². The summed E-state index contributed by atoms with van der Waals surface area (Å²) >= 11 is 6.19. The zero-order valence-corrected chi connectivity index (χ0v) is 12.7. The Hall–Kier alpha value is -1.32. The van der Waals surface area contributed by atoms with Crippen molar-refractivity contribution in [3.05, 3.63) is 41.3 Å². The van der Waals surface area contributed by atoms with Crippen LogP contribution in [0.5, 0.6) is 0 Å². The highest BCUT2D eigenvalue weighted by Crippen LogP contribution is 2.27. The maximum atomic E-state index is 6.19. The number of H-pyrrole nitrogens is 1. The van der Waals surface area contributed by atoms with Crippen molar-refractivity contribution in [2.45, 2.75) is 45.1 Å². The summed E-state index contributed by atoms with van der Waals surface area (Å²) in [4.78, 5) is 7.68. The number of aromatic amines is 1. The molecule has 1 aromatic carbocycles. The Bertz CT molecular complexity index is 536. The molecule has 0 bridgehead atoms. The Balaban J connectivity index is 2.00. The van der Waals surface area contributed by atoms with E-state index < -0.39 is 0 Å². The van der Waals surface area contributed by atoms with E-state index in [0.29, 0.717) is 0 Å². The molecule has 108 valence electrons. The summed E-state index contributed by atoms with van der Waals surface area (Å²) in [5.74, 6) is 0.844. The molecule has 2 aromatic rings. The largest absolute Gasteiger partial charge is 0.341 e. The number of nitrogens with zero attached hydrogens (tertiary/aromatic N) is 1. The lowest BCUT2D eigenvalue weighted by Gasteiger charge is -2.08. The second-order valence-corrected chi connectivity index (χ2v) is 5.52. The van der Waals surface area contributed by atoms with Crippen LogP contribution in [-0.2, 0) is 0 Å². The van der Waals surface area contributed by atoms with Crippen LogP contribution < -0.4 is 5.73 Å².